The summed E-state index contributed by atoms with van der Waals surface area (Å²) in [6.07, 6.45) is 2.57. The molecule has 3 rings (SSSR count). The van der Waals surface area contributed by atoms with E-state index in [2.05, 4.69) is 53.6 Å². The van der Waals surface area contributed by atoms with Gasteiger partial charge in [0.05, 0.1) is 6.04 Å². The molecule has 8 heteroatoms. The molecule has 0 radical (unpaired) electrons. The monoisotopic (exact) mass is 398 g/mol. The third-order valence-electron chi connectivity index (χ3n) is 5.67. The van der Waals surface area contributed by atoms with E-state index in [0.29, 0.717) is 38.4 Å². The number of carbonyl (C=O) groups excluding carboxylic acids is 2. The van der Waals surface area contributed by atoms with Gasteiger partial charge in [0.25, 0.3) is 5.91 Å². The summed E-state index contributed by atoms with van der Waals surface area (Å²) in [7, 11) is 0. The summed E-state index contributed by atoms with van der Waals surface area (Å²) in [4.78, 5) is 28.8. The molecule has 29 heavy (non-hydrogen) atoms. The highest BCUT2D eigenvalue weighted by atomic mass is 16.2. The third kappa shape index (κ3) is 4.31. The lowest BCUT2D eigenvalue weighted by Gasteiger charge is -2.47. The van der Waals surface area contributed by atoms with E-state index < -0.39 is 6.04 Å². The molecule has 0 bridgehead atoms. The second kappa shape index (κ2) is 9.15. The molecule has 1 aromatic heterocycles. The number of likely N-dealkylation sites (tertiary alicyclic amines) is 1. The topological polar surface area (TPSA) is 84.2 Å². The standard InChI is InChI=1S/C21H30N6O2/c1-5-25(6-2)18(28)8-7-13-26-19(17-11-9-16(10-12-17)15(3)4)20(21(26)29)27-14-22-23-24-27/h9-12,14-15,19-20H,5-8,13H2,1-4H3. The summed E-state index contributed by atoms with van der Waals surface area (Å²) in [5.41, 5.74) is 2.32. The minimum absolute atomic E-state index is 0.00877. The zero-order chi connectivity index (χ0) is 21.0. The Bertz CT molecular complexity index is 814. The Morgan fingerprint density at radius 1 is 1.14 bits per heavy atom. The first kappa shape index (κ1) is 21.0. The quantitative estimate of drug-likeness (QED) is 0.606. The lowest BCUT2D eigenvalue weighted by atomic mass is 9.87. The van der Waals surface area contributed by atoms with E-state index in [1.54, 1.807) is 0 Å². The van der Waals surface area contributed by atoms with Gasteiger partial charge in [0.15, 0.2) is 6.04 Å². The smallest absolute Gasteiger partial charge is 0.250 e. The Morgan fingerprint density at radius 3 is 2.38 bits per heavy atom. The Morgan fingerprint density at radius 2 is 1.83 bits per heavy atom. The van der Waals surface area contributed by atoms with Crippen molar-refractivity contribution < 1.29 is 9.59 Å². The molecule has 2 unspecified atom stereocenters. The molecule has 2 heterocycles. The molecule has 156 valence electrons. The van der Waals surface area contributed by atoms with Crippen LogP contribution in [0.2, 0.25) is 0 Å². The van der Waals surface area contributed by atoms with Crippen LogP contribution in [0.5, 0.6) is 0 Å². The summed E-state index contributed by atoms with van der Waals surface area (Å²) >= 11 is 0. The minimum atomic E-state index is -0.437. The van der Waals surface area contributed by atoms with Crippen molar-refractivity contribution in [2.75, 3.05) is 19.6 Å². The highest BCUT2D eigenvalue weighted by molar-refractivity contribution is 5.88. The maximum Gasteiger partial charge on any atom is 0.250 e. The van der Waals surface area contributed by atoms with Crippen molar-refractivity contribution >= 4 is 11.8 Å². The molecule has 2 atom stereocenters. The molecule has 1 aromatic carbocycles. The van der Waals surface area contributed by atoms with Gasteiger partial charge in [-0.25, -0.2) is 4.68 Å². The Kier molecular flexibility index (Phi) is 6.61. The minimum Gasteiger partial charge on any atom is -0.343 e. The van der Waals surface area contributed by atoms with Crippen molar-refractivity contribution in [3.63, 3.8) is 0 Å². The van der Waals surface area contributed by atoms with E-state index in [1.165, 1.54) is 16.6 Å². The second-order valence-corrected chi connectivity index (χ2v) is 7.70. The number of benzene rings is 1. The molecule has 0 saturated carbocycles. The van der Waals surface area contributed by atoms with Crippen LogP contribution in [-0.2, 0) is 9.59 Å². The summed E-state index contributed by atoms with van der Waals surface area (Å²) in [6, 6.07) is 7.82. The summed E-state index contributed by atoms with van der Waals surface area (Å²) in [5, 5.41) is 11.3. The highest BCUT2D eigenvalue weighted by Crippen LogP contribution is 2.43. The number of β-lactam (4-membered cyclic amide) rings is 1. The number of nitrogens with zero attached hydrogens (tertiary/aromatic N) is 6. The van der Waals surface area contributed by atoms with Gasteiger partial charge < -0.3 is 9.80 Å². The fourth-order valence-corrected chi connectivity index (χ4v) is 3.91. The average Bonchev–Trinajstić information content (AvgIpc) is 3.24. The van der Waals surface area contributed by atoms with Crippen molar-refractivity contribution in [2.45, 2.75) is 58.5 Å². The van der Waals surface area contributed by atoms with Gasteiger partial charge in [-0.05, 0) is 47.7 Å². The molecular formula is C21H30N6O2. The molecule has 1 aliphatic heterocycles. The van der Waals surface area contributed by atoms with Crippen molar-refractivity contribution in [1.82, 2.24) is 30.0 Å². The first-order valence-corrected chi connectivity index (χ1v) is 10.4. The van der Waals surface area contributed by atoms with Gasteiger partial charge in [0.1, 0.15) is 6.33 Å². The van der Waals surface area contributed by atoms with E-state index in [-0.39, 0.29) is 17.9 Å². The number of aromatic nitrogens is 4. The molecule has 1 fully saturated rings. The van der Waals surface area contributed by atoms with Crippen LogP contribution in [0.15, 0.2) is 30.6 Å². The van der Waals surface area contributed by atoms with Crippen LogP contribution in [0.3, 0.4) is 0 Å². The first-order valence-electron chi connectivity index (χ1n) is 10.4. The van der Waals surface area contributed by atoms with Crippen molar-refractivity contribution in [1.29, 1.82) is 0 Å². The van der Waals surface area contributed by atoms with Gasteiger partial charge in [-0.1, -0.05) is 38.1 Å². The molecule has 8 nitrogen and oxygen atoms in total. The van der Waals surface area contributed by atoms with E-state index in [4.69, 9.17) is 0 Å². The number of hydrogen-bond acceptors (Lipinski definition) is 5. The summed E-state index contributed by atoms with van der Waals surface area (Å²) < 4.78 is 1.53. The maximum atomic E-state index is 12.9. The fourth-order valence-electron chi connectivity index (χ4n) is 3.91. The molecule has 0 spiro atoms. The molecule has 2 aromatic rings. The fraction of sp³-hybridized carbons (Fsp3) is 0.571. The van der Waals surface area contributed by atoms with Crippen LogP contribution in [-0.4, -0.2) is 61.5 Å². The van der Waals surface area contributed by atoms with Gasteiger partial charge >= 0.3 is 0 Å². The summed E-state index contributed by atoms with van der Waals surface area (Å²) in [6.45, 7) is 10.2. The number of tetrazole rings is 1. The van der Waals surface area contributed by atoms with Gasteiger partial charge in [-0.2, -0.15) is 0 Å². The highest BCUT2D eigenvalue weighted by Gasteiger charge is 2.49. The Balaban J connectivity index is 1.73. The van der Waals surface area contributed by atoms with E-state index in [1.807, 2.05) is 23.6 Å². The maximum absolute atomic E-state index is 12.9. The van der Waals surface area contributed by atoms with Crippen molar-refractivity contribution in [2.24, 2.45) is 0 Å². The van der Waals surface area contributed by atoms with Crippen LogP contribution in [0.1, 0.15) is 69.7 Å². The molecule has 1 saturated heterocycles. The van der Waals surface area contributed by atoms with Gasteiger partial charge in [-0.15, -0.1) is 5.10 Å². The van der Waals surface area contributed by atoms with Crippen LogP contribution in [0, 0.1) is 0 Å². The van der Waals surface area contributed by atoms with Crippen molar-refractivity contribution in [3.8, 4) is 0 Å². The molecule has 1 aliphatic rings. The summed E-state index contributed by atoms with van der Waals surface area (Å²) in [5.74, 6) is 0.577. The zero-order valence-corrected chi connectivity index (χ0v) is 17.7. The van der Waals surface area contributed by atoms with Gasteiger partial charge in [0.2, 0.25) is 5.91 Å². The largest absolute Gasteiger partial charge is 0.343 e. The molecule has 2 amide bonds. The van der Waals surface area contributed by atoms with Crippen LogP contribution in [0.4, 0.5) is 0 Å². The van der Waals surface area contributed by atoms with Gasteiger partial charge in [-0.3, -0.25) is 9.59 Å². The average molecular weight is 399 g/mol. The Labute approximate surface area is 171 Å². The van der Waals surface area contributed by atoms with E-state index in [9.17, 15) is 9.59 Å². The third-order valence-corrected chi connectivity index (χ3v) is 5.67. The Hall–Kier alpha value is -2.77. The van der Waals surface area contributed by atoms with Crippen LogP contribution >= 0.6 is 0 Å². The van der Waals surface area contributed by atoms with E-state index >= 15 is 0 Å². The van der Waals surface area contributed by atoms with E-state index in [0.717, 1.165) is 5.56 Å². The molecular weight excluding hydrogens is 368 g/mol. The lowest BCUT2D eigenvalue weighted by molar-refractivity contribution is -0.156. The predicted octanol–water partition coefficient (Wildman–Crippen LogP) is 2.57. The number of carbonyl (C=O) groups is 2. The normalized spacial score (nSPS) is 18.8. The number of rotatable bonds is 9. The first-order chi connectivity index (χ1) is 14.0. The van der Waals surface area contributed by atoms with Gasteiger partial charge in [0, 0.05) is 26.1 Å². The molecule has 0 N–H and O–H groups in total. The van der Waals surface area contributed by atoms with Crippen molar-refractivity contribution in [3.05, 3.63) is 41.7 Å². The number of amides is 2. The van der Waals surface area contributed by atoms with Crippen LogP contribution < -0.4 is 0 Å². The zero-order valence-electron chi connectivity index (χ0n) is 17.7. The number of hydrogen-bond donors (Lipinski definition) is 0. The second-order valence-electron chi connectivity index (χ2n) is 7.70. The SMILES string of the molecule is CCN(CC)C(=O)CCCN1C(=O)C(n2cnnn2)C1c1ccc(C(C)C)cc1. The van der Waals surface area contributed by atoms with Crippen LogP contribution in [0.25, 0.3) is 0 Å². The lowest BCUT2D eigenvalue weighted by Crippen LogP contribution is -2.56. The predicted molar refractivity (Wildman–Crippen MR) is 109 cm³/mol. The molecule has 0 aliphatic carbocycles.